The van der Waals surface area contributed by atoms with Gasteiger partial charge in [-0.15, -0.1) is 5.11 Å². The van der Waals surface area contributed by atoms with Gasteiger partial charge in [0.2, 0.25) is 5.54 Å². The van der Waals surface area contributed by atoms with Crippen LogP contribution in [0.2, 0.25) is 0 Å². The van der Waals surface area contributed by atoms with Crippen LogP contribution in [0.15, 0.2) is 10.3 Å². The fraction of sp³-hybridized carbons (Fsp3) is 0.667. The smallest absolute Gasteiger partial charge is 0.336 e. The maximum absolute atomic E-state index is 10.8. The highest BCUT2D eigenvalue weighted by Crippen LogP contribution is 2.31. The standard InChI is InChI=1S/C6H9N3O4/c1-5(3(10)11)6(2,4(12)13)8-9-7-5/h1-2H3,(H,7,8)(H,10,11)(H,12,13). The van der Waals surface area contributed by atoms with Gasteiger partial charge >= 0.3 is 11.9 Å². The Hall–Kier alpha value is -1.66. The van der Waals surface area contributed by atoms with Gasteiger partial charge in [-0.1, -0.05) is 5.22 Å². The Labute approximate surface area is 73.4 Å². The van der Waals surface area contributed by atoms with Gasteiger partial charge in [0, 0.05) is 0 Å². The van der Waals surface area contributed by atoms with Gasteiger partial charge < -0.3 is 10.2 Å². The first-order valence-corrected chi connectivity index (χ1v) is 3.50. The van der Waals surface area contributed by atoms with Crippen molar-refractivity contribution in [1.29, 1.82) is 0 Å². The second-order valence-electron chi connectivity index (χ2n) is 3.12. The van der Waals surface area contributed by atoms with Crippen LogP contribution in [0.4, 0.5) is 0 Å². The Morgan fingerprint density at radius 1 is 1.23 bits per heavy atom. The van der Waals surface area contributed by atoms with Crippen molar-refractivity contribution in [3.05, 3.63) is 0 Å². The van der Waals surface area contributed by atoms with E-state index in [9.17, 15) is 9.59 Å². The summed E-state index contributed by atoms with van der Waals surface area (Å²) in [5, 5.41) is 24.2. The van der Waals surface area contributed by atoms with Gasteiger partial charge in [-0.05, 0) is 13.8 Å². The van der Waals surface area contributed by atoms with Gasteiger partial charge in [-0.25, -0.2) is 9.59 Å². The summed E-state index contributed by atoms with van der Waals surface area (Å²) in [7, 11) is 0. The van der Waals surface area contributed by atoms with Crippen molar-refractivity contribution in [3.8, 4) is 0 Å². The molecule has 72 valence electrons. The van der Waals surface area contributed by atoms with Crippen molar-refractivity contribution in [1.82, 2.24) is 5.43 Å². The van der Waals surface area contributed by atoms with E-state index in [4.69, 9.17) is 10.2 Å². The molecule has 7 nitrogen and oxygen atoms in total. The zero-order valence-corrected chi connectivity index (χ0v) is 7.11. The molecule has 0 aromatic heterocycles. The maximum atomic E-state index is 10.8. The second kappa shape index (κ2) is 2.41. The highest BCUT2D eigenvalue weighted by Gasteiger charge is 2.60. The molecule has 0 amide bonds. The molecule has 0 bridgehead atoms. The fourth-order valence-corrected chi connectivity index (χ4v) is 0.947. The third kappa shape index (κ3) is 0.962. The topological polar surface area (TPSA) is 111 Å². The summed E-state index contributed by atoms with van der Waals surface area (Å²) in [4.78, 5) is 21.6. The number of nitrogens with one attached hydrogen (secondary N) is 1. The SMILES string of the molecule is CC1(C(=O)O)N=NNC1(C)C(=O)O. The number of carbonyl (C=O) groups is 2. The Morgan fingerprint density at radius 3 is 2.08 bits per heavy atom. The summed E-state index contributed by atoms with van der Waals surface area (Å²) < 4.78 is 0. The van der Waals surface area contributed by atoms with Crippen LogP contribution >= 0.6 is 0 Å². The largest absolute Gasteiger partial charge is 0.479 e. The number of hydrogen-bond acceptors (Lipinski definition) is 5. The molecular weight excluding hydrogens is 178 g/mol. The molecule has 0 spiro atoms. The third-order valence-electron chi connectivity index (χ3n) is 2.34. The van der Waals surface area contributed by atoms with Crippen LogP contribution in [0, 0.1) is 0 Å². The lowest BCUT2D eigenvalue weighted by Crippen LogP contribution is -2.62. The van der Waals surface area contributed by atoms with Crippen LogP contribution in [0.3, 0.4) is 0 Å². The van der Waals surface area contributed by atoms with Gasteiger partial charge in [0.05, 0.1) is 0 Å². The number of aliphatic carboxylic acids is 2. The number of hydrogen-bond donors (Lipinski definition) is 3. The molecule has 2 atom stereocenters. The van der Waals surface area contributed by atoms with Crippen molar-refractivity contribution in [2.45, 2.75) is 24.9 Å². The molecule has 3 N–H and O–H groups in total. The van der Waals surface area contributed by atoms with Crippen LogP contribution in [0.1, 0.15) is 13.8 Å². The third-order valence-corrected chi connectivity index (χ3v) is 2.34. The van der Waals surface area contributed by atoms with Crippen LogP contribution in [-0.2, 0) is 9.59 Å². The predicted molar refractivity (Wildman–Crippen MR) is 40.1 cm³/mol. The van der Waals surface area contributed by atoms with Crippen LogP contribution in [0.5, 0.6) is 0 Å². The molecule has 1 aliphatic rings. The lowest BCUT2D eigenvalue weighted by atomic mass is 9.81. The van der Waals surface area contributed by atoms with Gasteiger partial charge in [0.1, 0.15) is 0 Å². The molecule has 0 fully saturated rings. The molecule has 0 radical (unpaired) electrons. The molecule has 7 heteroatoms. The van der Waals surface area contributed by atoms with Gasteiger partial charge in [-0.2, -0.15) is 0 Å². The minimum Gasteiger partial charge on any atom is -0.479 e. The first kappa shape index (κ1) is 9.43. The average molecular weight is 187 g/mol. The minimum atomic E-state index is -1.77. The summed E-state index contributed by atoms with van der Waals surface area (Å²) in [6, 6.07) is 0. The van der Waals surface area contributed by atoms with E-state index in [1.165, 1.54) is 13.8 Å². The zero-order chi connectivity index (χ0) is 10.3. The van der Waals surface area contributed by atoms with Crippen molar-refractivity contribution in [3.63, 3.8) is 0 Å². The molecular formula is C6H9N3O4. The summed E-state index contributed by atoms with van der Waals surface area (Å²) in [5.41, 5.74) is -1.28. The molecule has 0 aromatic rings. The first-order valence-electron chi connectivity index (χ1n) is 3.50. The first-order chi connectivity index (χ1) is 5.84. The molecule has 1 rings (SSSR count). The van der Waals surface area contributed by atoms with Crippen LogP contribution in [0.25, 0.3) is 0 Å². The summed E-state index contributed by atoms with van der Waals surface area (Å²) >= 11 is 0. The fourth-order valence-electron chi connectivity index (χ4n) is 0.947. The number of carboxylic acids is 2. The van der Waals surface area contributed by atoms with Gasteiger partial charge in [0.15, 0.2) is 5.54 Å². The molecule has 13 heavy (non-hydrogen) atoms. The molecule has 0 aromatic carbocycles. The Morgan fingerprint density at radius 2 is 1.77 bits per heavy atom. The van der Waals surface area contributed by atoms with Crippen LogP contribution in [-0.4, -0.2) is 33.2 Å². The predicted octanol–water partition coefficient (Wildman–Crippen LogP) is -0.357. The number of rotatable bonds is 2. The van der Waals surface area contributed by atoms with E-state index in [0.717, 1.165) is 0 Å². The van der Waals surface area contributed by atoms with E-state index in [1.807, 2.05) is 0 Å². The van der Waals surface area contributed by atoms with E-state index < -0.39 is 23.0 Å². The Balaban J connectivity index is 3.17. The highest BCUT2D eigenvalue weighted by atomic mass is 16.4. The highest BCUT2D eigenvalue weighted by molar-refractivity contribution is 5.92. The van der Waals surface area contributed by atoms with Crippen molar-refractivity contribution < 1.29 is 19.8 Å². The van der Waals surface area contributed by atoms with E-state index >= 15 is 0 Å². The van der Waals surface area contributed by atoms with Crippen molar-refractivity contribution in [2.24, 2.45) is 10.3 Å². The second-order valence-corrected chi connectivity index (χ2v) is 3.12. The van der Waals surface area contributed by atoms with Crippen molar-refractivity contribution >= 4 is 11.9 Å². The van der Waals surface area contributed by atoms with Gasteiger partial charge in [0.25, 0.3) is 0 Å². The molecule has 0 saturated heterocycles. The average Bonchev–Trinajstić information content (AvgIpc) is 2.31. The van der Waals surface area contributed by atoms with E-state index in [1.54, 1.807) is 0 Å². The van der Waals surface area contributed by atoms with Crippen LogP contribution < -0.4 is 5.43 Å². The Bertz CT molecular complexity index is 302. The normalized spacial score (nSPS) is 37.1. The van der Waals surface area contributed by atoms with E-state index in [2.05, 4.69) is 15.8 Å². The van der Waals surface area contributed by atoms with Crippen molar-refractivity contribution in [2.75, 3.05) is 0 Å². The molecule has 1 heterocycles. The lowest BCUT2D eigenvalue weighted by molar-refractivity contribution is -0.155. The maximum Gasteiger partial charge on any atom is 0.336 e. The number of nitrogens with zero attached hydrogens (tertiary/aromatic N) is 2. The molecule has 0 aliphatic carbocycles. The number of carboxylic acid groups (broad SMARTS) is 2. The lowest BCUT2D eigenvalue weighted by Gasteiger charge is -2.28. The summed E-state index contributed by atoms with van der Waals surface area (Å²) in [6.45, 7) is 2.43. The molecule has 1 aliphatic heterocycles. The molecule has 0 saturated carbocycles. The quantitative estimate of drug-likeness (QED) is 0.546. The Kier molecular flexibility index (Phi) is 1.75. The molecule has 2 unspecified atom stereocenters. The zero-order valence-electron chi connectivity index (χ0n) is 7.11. The monoisotopic (exact) mass is 187 g/mol. The summed E-state index contributed by atoms with van der Waals surface area (Å²) in [6.07, 6.45) is 0. The van der Waals surface area contributed by atoms with E-state index in [-0.39, 0.29) is 0 Å². The van der Waals surface area contributed by atoms with Gasteiger partial charge in [-0.3, -0.25) is 5.43 Å². The summed E-state index contributed by atoms with van der Waals surface area (Å²) in [5.74, 6) is -2.63. The minimum absolute atomic E-state index is 1.20. The van der Waals surface area contributed by atoms with E-state index in [0.29, 0.717) is 0 Å².